The topological polar surface area (TPSA) is 110 Å². The van der Waals surface area contributed by atoms with Crippen molar-refractivity contribution in [2.45, 2.75) is 44.6 Å². The van der Waals surface area contributed by atoms with Gasteiger partial charge in [0.25, 0.3) is 5.56 Å². The Morgan fingerprint density at radius 3 is 2.50 bits per heavy atom. The van der Waals surface area contributed by atoms with Gasteiger partial charge in [-0.15, -0.1) is 0 Å². The van der Waals surface area contributed by atoms with Gasteiger partial charge >= 0.3 is 0 Å². The van der Waals surface area contributed by atoms with E-state index in [2.05, 4.69) is 19.8 Å². The Morgan fingerprint density at radius 1 is 1.18 bits per heavy atom. The van der Waals surface area contributed by atoms with Crippen LogP contribution >= 0.6 is 0 Å². The number of aromatic amines is 1. The van der Waals surface area contributed by atoms with Crippen LogP contribution in [0, 0.1) is 6.92 Å². The van der Waals surface area contributed by atoms with Gasteiger partial charge in [0, 0.05) is 41.8 Å². The number of aryl methyl sites for hydroxylation is 1. The lowest BCUT2D eigenvalue weighted by molar-refractivity contribution is 0.491. The van der Waals surface area contributed by atoms with Crippen LogP contribution in [0.1, 0.15) is 37.6 Å². The third kappa shape index (κ3) is 4.37. The van der Waals surface area contributed by atoms with Gasteiger partial charge in [0.2, 0.25) is 10.0 Å². The molecule has 28 heavy (non-hydrogen) atoms. The summed E-state index contributed by atoms with van der Waals surface area (Å²) in [6.07, 6.45) is 5.09. The zero-order chi connectivity index (χ0) is 20.5. The molecular formula is C19H23N5O3S. The Balaban J connectivity index is 1.91. The molecule has 0 amide bonds. The first-order valence-corrected chi connectivity index (χ1v) is 10.2. The number of nitrogens with zero attached hydrogens (tertiary/aromatic N) is 3. The van der Waals surface area contributed by atoms with Crippen molar-refractivity contribution in [3.63, 3.8) is 0 Å². The molecule has 0 saturated carbocycles. The molecule has 8 nitrogen and oxygen atoms in total. The minimum absolute atomic E-state index is 0.0399. The standard InChI is InChI=1S/C19H23N5O3S/c1-13-16(10-14-6-5-9-20-11-14)18(25)24(22-13)17-8-7-15(12-21-17)28(26,27)23-19(2,3)4/h5-9,11-12,22-23H,10H2,1-4H3. The zero-order valence-electron chi connectivity index (χ0n) is 16.2. The molecule has 3 heterocycles. The largest absolute Gasteiger partial charge is 0.294 e. The molecule has 3 rings (SSSR count). The summed E-state index contributed by atoms with van der Waals surface area (Å²) < 4.78 is 28.7. The number of pyridine rings is 2. The fourth-order valence-electron chi connectivity index (χ4n) is 2.78. The second-order valence-electron chi connectivity index (χ2n) is 7.60. The molecule has 0 aliphatic rings. The molecule has 0 unspecified atom stereocenters. The second-order valence-corrected chi connectivity index (χ2v) is 9.28. The summed E-state index contributed by atoms with van der Waals surface area (Å²) in [7, 11) is -3.69. The van der Waals surface area contributed by atoms with E-state index >= 15 is 0 Å². The van der Waals surface area contributed by atoms with E-state index in [-0.39, 0.29) is 10.5 Å². The lowest BCUT2D eigenvalue weighted by atomic mass is 10.1. The van der Waals surface area contributed by atoms with Crippen molar-refractivity contribution in [1.82, 2.24) is 24.5 Å². The van der Waals surface area contributed by atoms with Gasteiger partial charge in [-0.2, -0.15) is 0 Å². The van der Waals surface area contributed by atoms with Crippen LogP contribution in [0.5, 0.6) is 0 Å². The number of nitrogens with one attached hydrogen (secondary N) is 2. The Kier molecular flexibility index (Phi) is 5.22. The highest BCUT2D eigenvalue weighted by atomic mass is 32.2. The Labute approximate surface area is 163 Å². The number of H-pyrrole nitrogens is 1. The third-order valence-electron chi connectivity index (χ3n) is 4.00. The molecule has 148 valence electrons. The maximum Gasteiger partial charge on any atom is 0.276 e. The summed E-state index contributed by atoms with van der Waals surface area (Å²) in [5.74, 6) is 0.320. The van der Waals surface area contributed by atoms with Crippen LogP contribution in [-0.2, 0) is 16.4 Å². The summed E-state index contributed by atoms with van der Waals surface area (Å²) in [4.78, 5) is 21.1. The average molecular weight is 401 g/mol. The molecule has 0 saturated heterocycles. The molecule has 0 atom stereocenters. The van der Waals surface area contributed by atoms with Crippen molar-refractivity contribution >= 4 is 10.0 Å². The van der Waals surface area contributed by atoms with Gasteiger partial charge in [-0.3, -0.25) is 14.9 Å². The second kappa shape index (κ2) is 7.33. The lowest BCUT2D eigenvalue weighted by Crippen LogP contribution is -2.40. The van der Waals surface area contributed by atoms with Crippen molar-refractivity contribution in [2.24, 2.45) is 0 Å². The smallest absolute Gasteiger partial charge is 0.276 e. The van der Waals surface area contributed by atoms with E-state index in [1.807, 2.05) is 19.1 Å². The maximum absolute atomic E-state index is 12.8. The molecule has 3 aromatic heterocycles. The first-order valence-electron chi connectivity index (χ1n) is 8.77. The van der Waals surface area contributed by atoms with E-state index in [1.165, 1.54) is 23.0 Å². The first-order chi connectivity index (χ1) is 13.1. The van der Waals surface area contributed by atoms with Crippen LogP contribution in [0.3, 0.4) is 0 Å². The van der Waals surface area contributed by atoms with Gasteiger partial charge in [-0.1, -0.05) is 6.07 Å². The Bertz CT molecular complexity index is 1130. The summed E-state index contributed by atoms with van der Waals surface area (Å²) >= 11 is 0. The number of hydrogen-bond donors (Lipinski definition) is 2. The highest BCUT2D eigenvalue weighted by molar-refractivity contribution is 7.89. The highest BCUT2D eigenvalue weighted by Crippen LogP contribution is 2.14. The van der Waals surface area contributed by atoms with E-state index in [4.69, 9.17) is 0 Å². The molecule has 0 radical (unpaired) electrons. The molecule has 0 aromatic carbocycles. The Morgan fingerprint density at radius 2 is 1.93 bits per heavy atom. The molecule has 0 fully saturated rings. The van der Waals surface area contributed by atoms with E-state index in [1.54, 1.807) is 33.2 Å². The van der Waals surface area contributed by atoms with Crippen LogP contribution in [0.15, 0.2) is 52.5 Å². The van der Waals surface area contributed by atoms with Crippen LogP contribution in [0.2, 0.25) is 0 Å². The molecule has 3 aromatic rings. The highest BCUT2D eigenvalue weighted by Gasteiger charge is 2.22. The quantitative estimate of drug-likeness (QED) is 0.679. The SMILES string of the molecule is Cc1[nH]n(-c2ccc(S(=O)(=O)NC(C)(C)C)cn2)c(=O)c1Cc1cccnc1. The third-order valence-corrected chi connectivity index (χ3v) is 5.74. The summed E-state index contributed by atoms with van der Waals surface area (Å²) in [6.45, 7) is 7.10. The lowest BCUT2D eigenvalue weighted by Gasteiger charge is -2.20. The van der Waals surface area contributed by atoms with Crippen LogP contribution in [0.4, 0.5) is 0 Å². The normalized spacial score (nSPS) is 12.3. The number of aromatic nitrogens is 4. The van der Waals surface area contributed by atoms with Gasteiger partial charge in [0.15, 0.2) is 5.82 Å². The molecule has 0 bridgehead atoms. The van der Waals surface area contributed by atoms with Crippen LogP contribution in [0.25, 0.3) is 5.82 Å². The molecule has 9 heteroatoms. The van der Waals surface area contributed by atoms with Crippen molar-refractivity contribution in [2.75, 3.05) is 0 Å². The average Bonchev–Trinajstić information content (AvgIpc) is 2.89. The fourth-order valence-corrected chi connectivity index (χ4v) is 4.15. The predicted molar refractivity (Wildman–Crippen MR) is 106 cm³/mol. The Hall–Kier alpha value is -2.78. The van der Waals surface area contributed by atoms with Gasteiger partial charge in [-0.05, 0) is 51.5 Å². The predicted octanol–water partition coefficient (Wildman–Crippen LogP) is 1.93. The fraction of sp³-hybridized carbons (Fsp3) is 0.316. The van der Waals surface area contributed by atoms with Crippen LogP contribution < -0.4 is 10.3 Å². The van der Waals surface area contributed by atoms with Crippen molar-refractivity contribution in [3.05, 3.63) is 70.0 Å². The van der Waals surface area contributed by atoms with Gasteiger partial charge in [0.05, 0.1) is 0 Å². The summed E-state index contributed by atoms with van der Waals surface area (Å²) in [5, 5.41) is 3.00. The zero-order valence-corrected chi connectivity index (χ0v) is 17.0. The van der Waals surface area contributed by atoms with E-state index in [9.17, 15) is 13.2 Å². The van der Waals surface area contributed by atoms with E-state index < -0.39 is 15.6 Å². The van der Waals surface area contributed by atoms with Crippen molar-refractivity contribution in [1.29, 1.82) is 0 Å². The molecule has 0 aliphatic heterocycles. The van der Waals surface area contributed by atoms with E-state index in [0.717, 1.165) is 11.3 Å². The molecule has 0 aliphatic carbocycles. The first kappa shape index (κ1) is 20.0. The van der Waals surface area contributed by atoms with Gasteiger partial charge < -0.3 is 0 Å². The van der Waals surface area contributed by atoms with Crippen molar-refractivity contribution in [3.8, 4) is 5.82 Å². The summed E-state index contributed by atoms with van der Waals surface area (Å²) in [5.41, 5.74) is 1.43. The monoisotopic (exact) mass is 401 g/mol. The van der Waals surface area contributed by atoms with E-state index in [0.29, 0.717) is 17.8 Å². The van der Waals surface area contributed by atoms with Crippen LogP contribution in [-0.4, -0.2) is 33.7 Å². The number of sulfonamides is 1. The molecule has 2 N–H and O–H groups in total. The minimum atomic E-state index is -3.69. The van der Waals surface area contributed by atoms with Gasteiger partial charge in [-0.25, -0.2) is 22.8 Å². The van der Waals surface area contributed by atoms with Crippen molar-refractivity contribution < 1.29 is 8.42 Å². The maximum atomic E-state index is 12.8. The van der Waals surface area contributed by atoms with Gasteiger partial charge in [0.1, 0.15) is 4.90 Å². The minimum Gasteiger partial charge on any atom is -0.294 e. The number of rotatable bonds is 5. The molecule has 0 spiro atoms. The molecular weight excluding hydrogens is 378 g/mol. The number of hydrogen-bond acceptors (Lipinski definition) is 5. The summed E-state index contributed by atoms with van der Waals surface area (Å²) in [6, 6.07) is 6.66.